The van der Waals surface area contributed by atoms with E-state index in [2.05, 4.69) is 10.4 Å². The van der Waals surface area contributed by atoms with Crippen LogP contribution in [0.25, 0.3) is 0 Å². The first-order valence-electron chi connectivity index (χ1n) is 7.14. The fraction of sp³-hybridized carbons (Fsp3) is 0.118. The van der Waals surface area contributed by atoms with Gasteiger partial charge in [0.25, 0.3) is 0 Å². The molecular weight excluding hydrogens is 335 g/mol. The Morgan fingerprint density at radius 2 is 1.76 bits per heavy atom. The Labute approximate surface area is 141 Å². The second-order valence-electron chi connectivity index (χ2n) is 5.11. The van der Waals surface area contributed by atoms with Crippen LogP contribution in [0.3, 0.4) is 0 Å². The van der Waals surface area contributed by atoms with Gasteiger partial charge in [0.15, 0.2) is 0 Å². The molecule has 0 bridgehead atoms. The molecule has 8 heteroatoms. The summed E-state index contributed by atoms with van der Waals surface area (Å²) >= 11 is 0. The quantitative estimate of drug-likeness (QED) is 0.508. The smallest absolute Gasteiger partial charge is 0.318 e. The van der Waals surface area contributed by atoms with Crippen molar-refractivity contribution in [2.45, 2.75) is 13.1 Å². The zero-order valence-corrected chi connectivity index (χ0v) is 13.1. The average molecular weight is 349 g/mol. The summed E-state index contributed by atoms with van der Waals surface area (Å²) in [4.78, 5) is 23.4. The number of nitrogens with zero attached hydrogens (tertiary/aromatic N) is 1. The van der Waals surface area contributed by atoms with Crippen LogP contribution < -0.4 is 10.7 Å². The minimum atomic E-state index is -4.55. The summed E-state index contributed by atoms with van der Waals surface area (Å²) in [7, 11) is 0. The molecule has 0 saturated carbocycles. The molecule has 2 aromatic rings. The Morgan fingerprint density at radius 1 is 1.04 bits per heavy atom. The number of carbonyl (C=O) groups is 2. The van der Waals surface area contributed by atoms with E-state index in [0.717, 1.165) is 17.8 Å². The van der Waals surface area contributed by atoms with Gasteiger partial charge in [0.1, 0.15) is 0 Å². The Morgan fingerprint density at radius 3 is 2.44 bits per heavy atom. The molecule has 0 atom stereocenters. The number of aryl methyl sites for hydroxylation is 1. The fourth-order valence-corrected chi connectivity index (χ4v) is 1.99. The summed E-state index contributed by atoms with van der Waals surface area (Å²) in [5.74, 6) is -2.07. The van der Waals surface area contributed by atoms with Gasteiger partial charge in [-0.25, -0.2) is 5.43 Å². The SMILES string of the molecule is Cc1cccc(NC(=O)C(=O)N/N=C\c2ccccc2C(F)(F)F)c1. The van der Waals surface area contributed by atoms with Gasteiger partial charge in [-0.3, -0.25) is 9.59 Å². The Kier molecular flexibility index (Phi) is 5.53. The normalized spacial score (nSPS) is 11.4. The van der Waals surface area contributed by atoms with Crippen molar-refractivity contribution in [2.75, 3.05) is 5.32 Å². The molecule has 0 aromatic heterocycles. The Hall–Kier alpha value is -3.16. The lowest BCUT2D eigenvalue weighted by Crippen LogP contribution is -2.32. The van der Waals surface area contributed by atoms with Crippen molar-refractivity contribution < 1.29 is 22.8 Å². The van der Waals surface area contributed by atoms with Crippen LogP contribution in [0.2, 0.25) is 0 Å². The number of benzene rings is 2. The summed E-state index contributed by atoms with van der Waals surface area (Å²) in [6.07, 6.45) is -3.71. The Bertz CT molecular complexity index is 817. The van der Waals surface area contributed by atoms with Crippen molar-refractivity contribution in [2.24, 2.45) is 5.10 Å². The molecule has 5 nitrogen and oxygen atoms in total. The van der Waals surface area contributed by atoms with E-state index in [1.165, 1.54) is 18.2 Å². The van der Waals surface area contributed by atoms with E-state index < -0.39 is 23.6 Å². The molecule has 25 heavy (non-hydrogen) atoms. The highest BCUT2D eigenvalue weighted by Gasteiger charge is 2.32. The molecule has 0 aliphatic rings. The Balaban J connectivity index is 2.00. The van der Waals surface area contributed by atoms with Gasteiger partial charge in [-0.1, -0.05) is 30.3 Å². The minimum absolute atomic E-state index is 0.227. The van der Waals surface area contributed by atoms with Gasteiger partial charge in [-0.15, -0.1) is 0 Å². The predicted molar refractivity (Wildman–Crippen MR) is 87.0 cm³/mol. The molecule has 0 heterocycles. The maximum absolute atomic E-state index is 12.8. The first kappa shape index (κ1) is 18.2. The van der Waals surface area contributed by atoms with E-state index in [1.54, 1.807) is 18.2 Å². The van der Waals surface area contributed by atoms with Crippen LogP contribution in [0.5, 0.6) is 0 Å². The summed E-state index contributed by atoms with van der Waals surface area (Å²) in [5.41, 5.74) is 2.09. The van der Waals surface area contributed by atoms with E-state index in [-0.39, 0.29) is 5.56 Å². The summed E-state index contributed by atoms with van der Waals surface area (Å²) in [6, 6.07) is 11.5. The second-order valence-corrected chi connectivity index (χ2v) is 5.11. The number of hydrazone groups is 1. The van der Waals surface area contributed by atoms with E-state index in [4.69, 9.17) is 0 Å². The zero-order chi connectivity index (χ0) is 18.4. The van der Waals surface area contributed by atoms with Gasteiger partial charge >= 0.3 is 18.0 Å². The lowest BCUT2D eigenvalue weighted by atomic mass is 10.1. The van der Waals surface area contributed by atoms with E-state index >= 15 is 0 Å². The van der Waals surface area contributed by atoms with Gasteiger partial charge < -0.3 is 5.32 Å². The third kappa shape index (κ3) is 5.17. The molecule has 130 valence electrons. The van der Waals surface area contributed by atoms with Crippen LogP contribution in [0, 0.1) is 6.92 Å². The molecule has 0 fully saturated rings. The number of carbonyl (C=O) groups excluding carboxylic acids is 2. The van der Waals surface area contributed by atoms with Gasteiger partial charge in [0.2, 0.25) is 0 Å². The van der Waals surface area contributed by atoms with Gasteiger partial charge in [-0.2, -0.15) is 18.3 Å². The minimum Gasteiger partial charge on any atom is -0.318 e. The van der Waals surface area contributed by atoms with Crippen LogP contribution in [-0.2, 0) is 15.8 Å². The highest BCUT2D eigenvalue weighted by molar-refractivity contribution is 6.39. The van der Waals surface area contributed by atoms with E-state index in [0.29, 0.717) is 5.69 Å². The molecular formula is C17H14F3N3O2. The lowest BCUT2D eigenvalue weighted by molar-refractivity contribution is -0.137. The van der Waals surface area contributed by atoms with E-state index in [1.807, 2.05) is 18.4 Å². The summed E-state index contributed by atoms with van der Waals surface area (Å²) in [5, 5.41) is 5.77. The van der Waals surface area contributed by atoms with Crippen molar-refractivity contribution in [3.8, 4) is 0 Å². The molecule has 0 unspecified atom stereocenters. The standard InChI is InChI=1S/C17H14F3N3O2/c1-11-5-4-7-13(9-11)22-15(24)16(25)23-21-10-12-6-2-3-8-14(12)17(18,19)20/h2-10H,1H3,(H,22,24)(H,23,25)/b21-10-. The lowest BCUT2D eigenvalue weighted by Gasteiger charge is -2.09. The fourth-order valence-electron chi connectivity index (χ4n) is 1.99. The molecule has 0 aliphatic heterocycles. The monoisotopic (exact) mass is 349 g/mol. The van der Waals surface area contributed by atoms with Crippen molar-refractivity contribution in [1.82, 2.24) is 5.43 Å². The number of anilines is 1. The number of halogens is 3. The molecule has 0 radical (unpaired) electrons. The van der Waals surface area contributed by atoms with Crippen LogP contribution in [0.1, 0.15) is 16.7 Å². The molecule has 0 aliphatic carbocycles. The van der Waals surface area contributed by atoms with Gasteiger partial charge in [-0.05, 0) is 30.7 Å². The first-order chi connectivity index (χ1) is 11.8. The zero-order valence-electron chi connectivity index (χ0n) is 13.1. The van der Waals surface area contributed by atoms with Crippen LogP contribution in [0.15, 0.2) is 53.6 Å². The maximum Gasteiger partial charge on any atom is 0.417 e. The topological polar surface area (TPSA) is 70.6 Å². The maximum atomic E-state index is 12.8. The molecule has 2 aromatic carbocycles. The largest absolute Gasteiger partial charge is 0.417 e. The summed E-state index contributed by atoms with van der Waals surface area (Å²) < 4.78 is 38.5. The third-order valence-corrected chi connectivity index (χ3v) is 3.12. The first-order valence-corrected chi connectivity index (χ1v) is 7.14. The van der Waals surface area contributed by atoms with Crippen molar-refractivity contribution >= 4 is 23.7 Å². The molecule has 2 N–H and O–H groups in total. The number of hydrogen-bond donors (Lipinski definition) is 2. The number of nitrogens with one attached hydrogen (secondary N) is 2. The number of hydrogen-bond acceptors (Lipinski definition) is 3. The third-order valence-electron chi connectivity index (χ3n) is 3.12. The number of alkyl halides is 3. The predicted octanol–water partition coefficient (Wildman–Crippen LogP) is 3.10. The molecule has 2 amide bonds. The van der Waals surface area contributed by atoms with Crippen molar-refractivity contribution in [1.29, 1.82) is 0 Å². The number of rotatable bonds is 3. The highest BCUT2D eigenvalue weighted by Crippen LogP contribution is 2.30. The highest BCUT2D eigenvalue weighted by atomic mass is 19.4. The van der Waals surface area contributed by atoms with Crippen LogP contribution in [0.4, 0.5) is 18.9 Å². The summed E-state index contributed by atoms with van der Waals surface area (Å²) in [6.45, 7) is 1.82. The molecule has 0 spiro atoms. The van der Waals surface area contributed by atoms with Crippen molar-refractivity contribution in [3.63, 3.8) is 0 Å². The number of amides is 2. The molecule has 0 saturated heterocycles. The van der Waals surface area contributed by atoms with Crippen LogP contribution in [-0.4, -0.2) is 18.0 Å². The average Bonchev–Trinajstić information content (AvgIpc) is 2.54. The van der Waals surface area contributed by atoms with Crippen LogP contribution >= 0.6 is 0 Å². The van der Waals surface area contributed by atoms with Gasteiger partial charge in [0, 0.05) is 11.3 Å². The van der Waals surface area contributed by atoms with E-state index in [9.17, 15) is 22.8 Å². The second kappa shape index (κ2) is 7.61. The van der Waals surface area contributed by atoms with Gasteiger partial charge in [0.05, 0.1) is 11.8 Å². The van der Waals surface area contributed by atoms with Crippen molar-refractivity contribution in [3.05, 3.63) is 65.2 Å². The molecule has 2 rings (SSSR count).